The zero-order chi connectivity index (χ0) is 16.2. The molecule has 2 aromatic rings. The van der Waals surface area contributed by atoms with E-state index in [9.17, 15) is 4.79 Å². The number of amides is 1. The molecular formula is C16H22N4O2. The molecule has 0 aliphatic rings. The van der Waals surface area contributed by atoms with E-state index in [2.05, 4.69) is 15.4 Å². The van der Waals surface area contributed by atoms with Crippen molar-refractivity contribution in [1.82, 2.24) is 20.1 Å². The van der Waals surface area contributed by atoms with Crippen LogP contribution in [0.3, 0.4) is 0 Å². The number of rotatable bonds is 4. The molecule has 0 spiro atoms. The summed E-state index contributed by atoms with van der Waals surface area (Å²) in [6.07, 6.45) is -0.423. The summed E-state index contributed by atoms with van der Waals surface area (Å²) in [6.45, 7) is 8.38. The molecule has 0 saturated heterocycles. The fourth-order valence-corrected chi connectivity index (χ4v) is 1.92. The molecular weight excluding hydrogens is 280 g/mol. The Morgan fingerprint density at radius 2 is 1.95 bits per heavy atom. The standard InChI is InChI=1S/C16H22N4O2/c1-12-18-14(13-8-6-5-7-9-13)19-20(12)11-10-17-15(21)22-16(2,3)4/h5-9H,10-11H2,1-4H3,(H,17,21). The fourth-order valence-electron chi connectivity index (χ4n) is 1.92. The maximum Gasteiger partial charge on any atom is 0.407 e. The van der Waals surface area contributed by atoms with Crippen LogP contribution in [0.1, 0.15) is 26.6 Å². The van der Waals surface area contributed by atoms with Gasteiger partial charge in [-0.25, -0.2) is 14.5 Å². The first-order valence-electron chi connectivity index (χ1n) is 7.29. The van der Waals surface area contributed by atoms with Crippen LogP contribution in [0.15, 0.2) is 30.3 Å². The highest BCUT2D eigenvalue weighted by Gasteiger charge is 2.15. The minimum absolute atomic E-state index is 0.423. The quantitative estimate of drug-likeness (QED) is 0.943. The lowest BCUT2D eigenvalue weighted by atomic mass is 10.2. The van der Waals surface area contributed by atoms with Gasteiger partial charge in [-0.1, -0.05) is 30.3 Å². The Labute approximate surface area is 130 Å². The number of benzene rings is 1. The van der Waals surface area contributed by atoms with Crippen LogP contribution in [0.2, 0.25) is 0 Å². The second-order valence-electron chi connectivity index (χ2n) is 6.00. The average molecular weight is 302 g/mol. The van der Waals surface area contributed by atoms with Crippen molar-refractivity contribution < 1.29 is 9.53 Å². The van der Waals surface area contributed by atoms with E-state index in [1.807, 2.05) is 58.0 Å². The summed E-state index contributed by atoms with van der Waals surface area (Å²) in [4.78, 5) is 16.0. The van der Waals surface area contributed by atoms with E-state index in [1.165, 1.54) is 0 Å². The van der Waals surface area contributed by atoms with Crippen LogP contribution in [0, 0.1) is 6.92 Å². The first-order chi connectivity index (χ1) is 10.3. The Hall–Kier alpha value is -2.37. The van der Waals surface area contributed by atoms with Crippen molar-refractivity contribution in [2.24, 2.45) is 0 Å². The Kier molecular flexibility index (Phi) is 4.80. The molecule has 1 heterocycles. The van der Waals surface area contributed by atoms with Gasteiger partial charge in [-0.05, 0) is 27.7 Å². The zero-order valence-corrected chi connectivity index (χ0v) is 13.5. The van der Waals surface area contributed by atoms with Crippen molar-refractivity contribution >= 4 is 6.09 Å². The lowest BCUT2D eigenvalue weighted by Gasteiger charge is -2.19. The summed E-state index contributed by atoms with van der Waals surface area (Å²) in [5.41, 5.74) is 0.484. The SMILES string of the molecule is Cc1nc(-c2ccccc2)nn1CCNC(=O)OC(C)(C)C. The molecule has 22 heavy (non-hydrogen) atoms. The van der Waals surface area contributed by atoms with Gasteiger partial charge in [0, 0.05) is 12.1 Å². The van der Waals surface area contributed by atoms with Crippen molar-refractivity contribution in [3.8, 4) is 11.4 Å². The van der Waals surface area contributed by atoms with Gasteiger partial charge in [-0.3, -0.25) is 0 Å². The van der Waals surface area contributed by atoms with Gasteiger partial charge in [-0.2, -0.15) is 5.10 Å². The van der Waals surface area contributed by atoms with Crippen LogP contribution < -0.4 is 5.32 Å². The first-order valence-corrected chi connectivity index (χ1v) is 7.29. The van der Waals surface area contributed by atoms with Crippen LogP contribution >= 0.6 is 0 Å². The first kappa shape index (κ1) is 16.0. The molecule has 1 amide bonds. The normalized spacial score (nSPS) is 11.3. The Bertz CT molecular complexity index is 629. The highest BCUT2D eigenvalue weighted by Crippen LogP contribution is 2.14. The predicted octanol–water partition coefficient (Wildman–Crippen LogP) is 2.78. The third-order valence-electron chi connectivity index (χ3n) is 2.88. The molecule has 2 rings (SSSR count). The van der Waals surface area contributed by atoms with Gasteiger partial charge in [0.1, 0.15) is 11.4 Å². The maximum atomic E-state index is 11.6. The maximum absolute atomic E-state index is 11.6. The molecule has 1 aromatic carbocycles. The fraction of sp³-hybridized carbons (Fsp3) is 0.438. The summed E-state index contributed by atoms with van der Waals surface area (Å²) in [6, 6.07) is 9.80. The van der Waals surface area contributed by atoms with Crippen molar-refractivity contribution in [2.45, 2.75) is 39.8 Å². The number of hydrogen-bond donors (Lipinski definition) is 1. The molecule has 0 aliphatic carbocycles. The van der Waals surface area contributed by atoms with Crippen LogP contribution in [0.25, 0.3) is 11.4 Å². The largest absolute Gasteiger partial charge is 0.444 e. The van der Waals surface area contributed by atoms with Gasteiger partial charge in [0.2, 0.25) is 0 Å². The molecule has 1 N–H and O–H groups in total. The van der Waals surface area contributed by atoms with E-state index in [1.54, 1.807) is 4.68 Å². The minimum Gasteiger partial charge on any atom is -0.444 e. The Morgan fingerprint density at radius 1 is 1.27 bits per heavy atom. The lowest BCUT2D eigenvalue weighted by Crippen LogP contribution is -2.34. The van der Waals surface area contributed by atoms with E-state index >= 15 is 0 Å². The number of aryl methyl sites for hydroxylation is 1. The molecule has 0 radical (unpaired) electrons. The van der Waals surface area contributed by atoms with Crippen LogP contribution in [0.5, 0.6) is 0 Å². The molecule has 1 aromatic heterocycles. The molecule has 0 atom stereocenters. The number of hydrogen-bond acceptors (Lipinski definition) is 4. The number of carbonyl (C=O) groups is 1. The van der Waals surface area contributed by atoms with E-state index in [0.29, 0.717) is 18.9 Å². The van der Waals surface area contributed by atoms with Crippen LogP contribution in [0.4, 0.5) is 4.79 Å². The molecule has 0 saturated carbocycles. The van der Waals surface area contributed by atoms with Crippen molar-refractivity contribution in [3.05, 3.63) is 36.2 Å². The van der Waals surface area contributed by atoms with Gasteiger partial charge >= 0.3 is 6.09 Å². The van der Waals surface area contributed by atoms with Crippen LogP contribution in [-0.4, -0.2) is 33.0 Å². The van der Waals surface area contributed by atoms with E-state index in [0.717, 1.165) is 11.4 Å². The lowest BCUT2D eigenvalue weighted by molar-refractivity contribution is 0.0525. The highest BCUT2D eigenvalue weighted by molar-refractivity contribution is 5.67. The summed E-state index contributed by atoms with van der Waals surface area (Å²) >= 11 is 0. The topological polar surface area (TPSA) is 69.0 Å². The summed E-state index contributed by atoms with van der Waals surface area (Å²) in [7, 11) is 0. The number of alkyl carbamates (subject to hydrolysis) is 1. The molecule has 6 heteroatoms. The number of ether oxygens (including phenoxy) is 1. The third-order valence-corrected chi connectivity index (χ3v) is 2.88. The number of nitrogens with one attached hydrogen (secondary N) is 1. The van der Waals surface area contributed by atoms with Gasteiger partial charge in [0.15, 0.2) is 5.82 Å². The molecule has 0 aliphatic heterocycles. The molecule has 118 valence electrons. The van der Waals surface area contributed by atoms with Crippen molar-refractivity contribution in [3.63, 3.8) is 0 Å². The second-order valence-corrected chi connectivity index (χ2v) is 6.00. The molecule has 0 unspecified atom stereocenters. The molecule has 6 nitrogen and oxygen atoms in total. The summed E-state index contributed by atoms with van der Waals surface area (Å²) < 4.78 is 6.96. The van der Waals surface area contributed by atoms with Gasteiger partial charge < -0.3 is 10.1 Å². The van der Waals surface area contributed by atoms with E-state index in [-0.39, 0.29) is 0 Å². The summed E-state index contributed by atoms with van der Waals surface area (Å²) in [5.74, 6) is 1.50. The van der Waals surface area contributed by atoms with Crippen molar-refractivity contribution in [1.29, 1.82) is 0 Å². The number of carbonyl (C=O) groups excluding carboxylic acids is 1. The monoisotopic (exact) mass is 302 g/mol. The van der Waals surface area contributed by atoms with Crippen molar-refractivity contribution in [2.75, 3.05) is 6.54 Å². The van der Waals surface area contributed by atoms with Gasteiger partial charge in [0.05, 0.1) is 6.54 Å². The third kappa shape index (κ3) is 4.58. The minimum atomic E-state index is -0.492. The summed E-state index contributed by atoms with van der Waals surface area (Å²) in [5, 5.41) is 7.18. The average Bonchev–Trinajstić information content (AvgIpc) is 2.79. The number of aromatic nitrogens is 3. The Morgan fingerprint density at radius 3 is 2.59 bits per heavy atom. The number of nitrogens with zero attached hydrogens (tertiary/aromatic N) is 3. The van der Waals surface area contributed by atoms with Crippen LogP contribution in [-0.2, 0) is 11.3 Å². The van der Waals surface area contributed by atoms with E-state index < -0.39 is 11.7 Å². The second kappa shape index (κ2) is 6.60. The highest BCUT2D eigenvalue weighted by atomic mass is 16.6. The smallest absolute Gasteiger partial charge is 0.407 e. The molecule has 0 bridgehead atoms. The van der Waals surface area contributed by atoms with E-state index in [4.69, 9.17) is 4.74 Å². The predicted molar refractivity (Wildman–Crippen MR) is 84.4 cm³/mol. The van der Waals surface area contributed by atoms with Gasteiger partial charge in [-0.15, -0.1) is 0 Å². The zero-order valence-electron chi connectivity index (χ0n) is 13.5. The van der Waals surface area contributed by atoms with Gasteiger partial charge in [0.25, 0.3) is 0 Å². The Balaban J connectivity index is 1.92. The molecule has 0 fully saturated rings.